The maximum atomic E-state index is 13.7. The number of esters is 1. The Labute approximate surface area is 89.1 Å². The molecular formula is C12H15FO2. The minimum absolute atomic E-state index is 0.199. The minimum atomic E-state index is -1.68. The van der Waals surface area contributed by atoms with Gasteiger partial charge in [0.2, 0.25) is 6.17 Å². The first kappa shape index (κ1) is 11.7. The Kier molecular flexibility index (Phi) is 3.83. The van der Waals surface area contributed by atoms with Crippen molar-refractivity contribution in [2.24, 2.45) is 0 Å². The Bertz CT molecular complexity index is 361. The lowest BCUT2D eigenvalue weighted by Crippen LogP contribution is -2.13. The van der Waals surface area contributed by atoms with Gasteiger partial charge in [-0.25, -0.2) is 9.18 Å². The quantitative estimate of drug-likeness (QED) is 0.717. The lowest BCUT2D eigenvalue weighted by Gasteiger charge is -2.11. The number of rotatable bonds is 3. The van der Waals surface area contributed by atoms with Crippen LogP contribution in [0.1, 0.15) is 29.8 Å². The summed E-state index contributed by atoms with van der Waals surface area (Å²) in [4.78, 5) is 11.2. The van der Waals surface area contributed by atoms with Gasteiger partial charge in [-0.3, -0.25) is 0 Å². The molecule has 0 aliphatic heterocycles. The molecule has 82 valence electrons. The lowest BCUT2D eigenvalue weighted by molar-refractivity contribution is -0.149. The lowest BCUT2D eigenvalue weighted by atomic mass is 10.00. The van der Waals surface area contributed by atoms with Gasteiger partial charge in [-0.2, -0.15) is 0 Å². The van der Waals surface area contributed by atoms with Gasteiger partial charge in [0.15, 0.2) is 0 Å². The predicted molar refractivity (Wildman–Crippen MR) is 56.4 cm³/mol. The molecular weight excluding hydrogens is 195 g/mol. The zero-order chi connectivity index (χ0) is 11.4. The Balaban J connectivity index is 2.96. The molecule has 0 spiro atoms. The van der Waals surface area contributed by atoms with Crippen LogP contribution in [-0.2, 0) is 9.53 Å². The summed E-state index contributed by atoms with van der Waals surface area (Å²) in [5, 5.41) is 0. The van der Waals surface area contributed by atoms with Crippen LogP contribution in [0.15, 0.2) is 18.2 Å². The number of carbonyl (C=O) groups is 1. The molecule has 0 bridgehead atoms. The van der Waals surface area contributed by atoms with Crippen LogP contribution < -0.4 is 0 Å². The van der Waals surface area contributed by atoms with E-state index in [1.54, 1.807) is 26.0 Å². The zero-order valence-electron chi connectivity index (χ0n) is 9.21. The molecule has 1 unspecified atom stereocenters. The molecule has 0 N–H and O–H groups in total. The van der Waals surface area contributed by atoms with Gasteiger partial charge in [-0.1, -0.05) is 18.2 Å². The molecule has 1 rings (SSSR count). The molecule has 0 saturated carbocycles. The smallest absolute Gasteiger partial charge is 0.345 e. The van der Waals surface area contributed by atoms with Crippen LogP contribution in [0, 0.1) is 13.8 Å². The second-order valence-corrected chi connectivity index (χ2v) is 3.40. The summed E-state index contributed by atoms with van der Waals surface area (Å²) in [6, 6.07) is 5.24. The molecule has 0 heterocycles. The molecule has 0 aliphatic carbocycles. The number of benzene rings is 1. The Hall–Kier alpha value is -1.38. The summed E-state index contributed by atoms with van der Waals surface area (Å²) in [5.41, 5.74) is 2.17. The number of ether oxygens (including phenoxy) is 1. The summed E-state index contributed by atoms with van der Waals surface area (Å²) < 4.78 is 18.3. The van der Waals surface area contributed by atoms with Crippen LogP contribution in [0.4, 0.5) is 4.39 Å². The van der Waals surface area contributed by atoms with E-state index in [0.717, 1.165) is 11.1 Å². The van der Waals surface area contributed by atoms with Crippen LogP contribution in [0.25, 0.3) is 0 Å². The molecule has 15 heavy (non-hydrogen) atoms. The van der Waals surface area contributed by atoms with Crippen molar-refractivity contribution in [2.75, 3.05) is 6.61 Å². The van der Waals surface area contributed by atoms with E-state index in [9.17, 15) is 9.18 Å². The van der Waals surface area contributed by atoms with Crippen molar-refractivity contribution in [3.63, 3.8) is 0 Å². The molecule has 0 amide bonds. The molecule has 3 heteroatoms. The fourth-order valence-corrected chi connectivity index (χ4v) is 1.39. The van der Waals surface area contributed by atoms with E-state index in [1.807, 2.05) is 13.0 Å². The van der Waals surface area contributed by atoms with Crippen LogP contribution in [-0.4, -0.2) is 12.6 Å². The van der Waals surface area contributed by atoms with Crippen LogP contribution in [0.2, 0.25) is 0 Å². The van der Waals surface area contributed by atoms with Gasteiger partial charge in [0.1, 0.15) is 0 Å². The van der Waals surface area contributed by atoms with Gasteiger partial charge in [-0.05, 0) is 31.9 Å². The van der Waals surface area contributed by atoms with E-state index < -0.39 is 12.1 Å². The molecule has 0 radical (unpaired) electrons. The molecule has 0 saturated heterocycles. The highest BCUT2D eigenvalue weighted by molar-refractivity contribution is 5.77. The summed E-state index contributed by atoms with van der Waals surface area (Å²) in [6.07, 6.45) is -1.68. The maximum Gasteiger partial charge on any atom is 0.345 e. The third-order valence-corrected chi connectivity index (χ3v) is 2.41. The highest BCUT2D eigenvalue weighted by Crippen LogP contribution is 2.24. The SMILES string of the molecule is CCOC(=O)C(F)c1cccc(C)c1C. The monoisotopic (exact) mass is 210 g/mol. The van der Waals surface area contributed by atoms with Crippen molar-refractivity contribution in [3.8, 4) is 0 Å². The largest absolute Gasteiger partial charge is 0.464 e. The third-order valence-electron chi connectivity index (χ3n) is 2.41. The summed E-state index contributed by atoms with van der Waals surface area (Å²) in [7, 11) is 0. The average molecular weight is 210 g/mol. The van der Waals surface area contributed by atoms with Crippen molar-refractivity contribution in [1.82, 2.24) is 0 Å². The van der Waals surface area contributed by atoms with E-state index in [4.69, 9.17) is 0 Å². The predicted octanol–water partition coefficient (Wildman–Crippen LogP) is 2.88. The summed E-state index contributed by atoms with van der Waals surface area (Å²) in [5.74, 6) is -0.814. The Morgan fingerprint density at radius 1 is 1.47 bits per heavy atom. The van der Waals surface area contributed by atoms with Gasteiger partial charge >= 0.3 is 5.97 Å². The molecule has 2 nitrogen and oxygen atoms in total. The Morgan fingerprint density at radius 2 is 2.13 bits per heavy atom. The fourth-order valence-electron chi connectivity index (χ4n) is 1.39. The van der Waals surface area contributed by atoms with Crippen molar-refractivity contribution in [2.45, 2.75) is 26.9 Å². The first-order chi connectivity index (χ1) is 7.07. The van der Waals surface area contributed by atoms with Gasteiger partial charge in [0.25, 0.3) is 0 Å². The first-order valence-electron chi connectivity index (χ1n) is 4.94. The summed E-state index contributed by atoms with van der Waals surface area (Å²) in [6.45, 7) is 5.55. The topological polar surface area (TPSA) is 26.3 Å². The van der Waals surface area contributed by atoms with Gasteiger partial charge in [0, 0.05) is 5.56 Å². The van der Waals surface area contributed by atoms with Crippen LogP contribution in [0.3, 0.4) is 0 Å². The second kappa shape index (κ2) is 4.91. The highest BCUT2D eigenvalue weighted by atomic mass is 19.1. The Morgan fingerprint density at radius 3 is 2.73 bits per heavy atom. The molecule has 0 aliphatic rings. The molecule has 1 aromatic carbocycles. The van der Waals surface area contributed by atoms with Gasteiger partial charge in [0.05, 0.1) is 6.61 Å². The van der Waals surface area contributed by atoms with Crippen molar-refractivity contribution >= 4 is 5.97 Å². The van der Waals surface area contributed by atoms with E-state index in [2.05, 4.69) is 4.74 Å². The van der Waals surface area contributed by atoms with E-state index in [1.165, 1.54) is 0 Å². The van der Waals surface area contributed by atoms with Crippen LogP contribution in [0.5, 0.6) is 0 Å². The van der Waals surface area contributed by atoms with E-state index in [0.29, 0.717) is 5.56 Å². The van der Waals surface area contributed by atoms with Crippen LogP contribution >= 0.6 is 0 Å². The molecule has 1 atom stereocenters. The van der Waals surface area contributed by atoms with E-state index in [-0.39, 0.29) is 6.61 Å². The number of carbonyl (C=O) groups excluding carboxylic acids is 1. The number of alkyl halides is 1. The van der Waals surface area contributed by atoms with Crippen molar-refractivity contribution in [1.29, 1.82) is 0 Å². The second-order valence-electron chi connectivity index (χ2n) is 3.40. The van der Waals surface area contributed by atoms with Gasteiger partial charge in [-0.15, -0.1) is 0 Å². The first-order valence-corrected chi connectivity index (χ1v) is 4.94. The van der Waals surface area contributed by atoms with Gasteiger partial charge < -0.3 is 4.74 Å². The van der Waals surface area contributed by atoms with E-state index >= 15 is 0 Å². The minimum Gasteiger partial charge on any atom is -0.464 e. The number of halogens is 1. The maximum absolute atomic E-state index is 13.7. The van der Waals surface area contributed by atoms with Crippen molar-refractivity contribution < 1.29 is 13.9 Å². The fraction of sp³-hybridized carbons (Fsp3) is 0.417. The third kappa shape index (κ3) is 2.55. The number of aryl methyl sites for hydroxylation is 1. The standard InChI is InChI=1S/C12H15FO2/c1-4-15-12(14)11(13)10-7-5-6-8(2)9(10)3/h5-7,11H,4H2,1-3H3. The molecule has 0 aromatic heterocycles. The summed E-state index contributed by atoms with van der Waals surface area (Å²) >= 11 is 0. The zero-order valence-corrected chi connectivity index (χ0v) is 9.21. The number of hydrogen-bond acceptors (Lipinski definition) is 2. The number of hydrogen-bond donors (Lipinski definition) is 0. The van der Waals surface area contributed by atoms with Crippen molar-refractivity contribution in [3.05, 3.63) is 34.9 Å². The normalized spacial score (nSPS) is 12.3. The molecule has 1 aromatic rings. The average Bonchev–Trinajstić information content (AvgIpc) is 2.21. The molecule has 0 fully saturated rings. The highest BCUT2D eigenvalue weighted by Gasteiger charge is 2.22.